The summed E-state index contributed by atoms with van der Waals surface area (Å²) in [5, 5.41) is 47.1. The molecule has 6 rings (SSSR count). The summed E-state index contributed by atoms with van der Waals surface area (Å²) < 4.78 is 64.2. The molecule has 0 unspecified atom stereocenters. The van der Waals surface area contributed by atoms with E-state index in [9.17, 15) is 51.1 Å². The Labute approximate surface area is 437 Å². The Morgan fingerprint density at radius 3 is 2.05 bits per heavy atom. The number of nitrogens with two attached hydrogens (primary N) is 1. The van der Waals surface area contributed by atoms with Gasteiger partial charge in [0.05, 0.1) is 38.4 Å². The van der Waals surface area contributed by atoms with E-state index in [4.69, 9.17) is 29.1 Å². The van der Waals surface area contributed by atoms with Crippen molar-refractivity contribution >= 4 is 147 Å². The highest BCUT2D eigenvalue weighted by Gasteiger charge is 2.25. The molecular weight excluding hydrogens is 1090 g/mol. The number of hydrogen-bond acceptors (Lipinski definition) is 26. The molecule has 386 valence electrons. The summed E-state index contributed by atoms with van der Waals surface area (Å²) in [5.41, 5.74) is 7.59. The molecule has 0 aliphatic carbocycles. The molecule has 0 fully saturated rings. The maximum atomic E-state index is 12.8. The fraction of sp³-hybridized carbons (Fsp3) is 0.0714. The van der Waals surface area contributed by atoms with Gasteiger partial charge in [-0.25, -0.2) is 15.9 Å². The van der Waals surface area contributed by atoms with Gasteiger partial charge in [-0.2, -0.15) is 43.0 Å². The van der Waals surface area contributed by atoms with Crippen LogP contribution in [0.5, 0.6) is 0 Å². The number of nitriles is 2. The summed E-state index contributed by atoms with van der Waals surface area (Å²) in [6.07, 6.45) is -0.114. The van der Waals surface area contributed by atoms with Crippen LogP contribution in [-0.4, -0.2) is 58.2 Å². The molecule has 0 saturated carbocycles. The van der Waals surface area contributed by atoms with Crippen LogP contribution in [0.4, 0.5) is 67.1 Å². The first-order valence-electron chi connectivity index (χ1n) is 20.4. The highest BCUT2D eigenvalue weighted by molar-refractivity contribution is 7.87. The number of hydroxylamine groups is 1. The van der Waals surface area contributed by atoms with Gasteiger partial charge in [0.15, 0.2) is 16.6 Å². The molecule has 10 N–H and O–H groups in total. The first-order valence-corrected chi connectivity index (χ1v) is 24.8. The number of hydrogen-bond donors (Lipinski definition) is 9. The Balaban J connectivity index is 1.53. The molecule has 1 amide bonds. The van der Waals surface area contributed by atoms with Gasteiger partial charge in [-0.1, -0.05) is 46.7 Å². The quantitative estimate of drug-likeness (QED) is 0.00649. The normalized spacial score (nSPS) is 11.2. The number of halogens is 2. The first-order chi connectivity index (χ1) is 35.9. The third kappa shape index (κ3) is 14.6. The van der Waals surface area contributed by atoms with Gasteiger partial charge in [0.1, 0.15) is 33.3 Å². The molecule has 75 heavy (non-hydrogen) atoms. The average molecular weight is 1120 g/mol. The number of thiophene rings is 1. The summed E-state index contributed by atoms with van der Waals surface area (Å²) in [6.45, 7) is 1.83. The van der Waals surface area contributed by atoms with Crippen LogP contribution in [0.25, 0.3) is 11.1 Å². The van der Waals surface area contributed by atoms with E-state index in [2.05, 4.69) is 82.7 Å². The topological polar surface area (TPSA) is 414 Å². The molecule has 0 aliphatic rings. The highest BCUT2D eigenvalue weighted by atomic mass is 35.5. The van der Waals surface area contributed by atoms with E-state index >= 15 is 0 Å². The second kappa shape index (κ2) is 25.2. The number of rotatable bonds is 25. The Morgan fingerprint density at radius 2 is 1.41 bits per heavy atom. The smallest absolute Gasteiger partial charge is 0.357 e. The Hall–Kier alpha value is -8.89. The fourth-order valence-electron chi connectivity index (χ4n) is 6.37. The second-order valence-corrected chi connectivity index (χ2v) is 18.8. The van der Waals surface area contributed by atoms with Crippen LogP contribution in [0.1, 0.15) is 23.1 Å². The summed E-state index contributed by atoms with van der Waals surface area (Å²) in [7, 11) is -9.37. The lowest BCUT2D eigenvalue weighted by molar-refractivity contribution is -0.136. The molecule has 0 radical (unpaired) electrons. The molecule has 4 aromatic carbocycles. The van der Waals surface area contributed by atoms with Crippen molar-refractivity contribution in [1.82, 2.24) is 10.5 Å². The zero-order chi connectivity index (χ0) is 54.3. The number of azo groups is 2. The van der Waals surface area contributed by atoms with Crippen molar-refractivity contribution in [2.75, 3.05) is 38.2 Å². The van der Waals surface area contributed by atoms with Gasteiger partial charge in [-0.15, -0.1) is 20.5 Å². The van der Waals surface area contributed by atoms with E-state index < -0.39 is 31.2 Å². The SMILES string of the molecule is Cc1c(C#N)c(Nc2ccc(Cl)c(S(=O)(=O)ON)c2)nc(Nc2ccc(Cl)c(NS(=O)(=O)O)c2)c1N=Nc1sc(N=Nc2cc(NOC=O)cc(NOC=O)c2)c(-c2cccc(NC(=O)CCNOC=O)c2)c1C#N. The van der Waals surface area contributed by atoms with E-state index in [1.54, 1.807) is 18.2 Å². The zero-order valence-electron chi connectivity index (χ0n) is 37.7. The van der Waals surface area contributed by atoms with Gasteiger partial charge in [0.2, 0.25) is 5.91 Å². The molecule has 0 saturated heterocycles. The monoisotopic (exact) mass is 1120 g/mol. The van der Waals surface area contributed by atoms with Gasteiger partial charge in [-0.05, 0) is 79.2 Å². The van der Waals surface area contributed by atoms with Crippen molar-refractivity contribution in [1.29, 1.82) is 10.5 Å². The molecule has 33 heteroatoms. The lowest BCUT2D eigenvalue weighted by Crippen LogP contribution is -2.21. The van der Waals surface area contributed by atoms with Crippen LogP contribution < -0.4 is 43.0 Å². The Morgan fingerprint density at radius 1 is 0.773 bits per heavy atom. The summed E-state index contributed by atoms with van der Waals surface area (Å²) in [4.78, 5) is 62.9. The molecule has 28 nitrogen and oxygen atoms in total. The van der Waals surface area contributed by atoms with Crippen LogP contribution >= 0.6 is 34.5 Å². The Kier molecular flexibility index (Phi) is 18.6. The number of nitrogens with one attached hydrogen (secondary N) is 7. The third-order valence-corrected chi connectivity index (χ3v) is 12.8. The van der Waals surface area contributed by atoms with E-state index in [1.807, 2.05) is 10.8 Å². The maximum Gasteiger partial charge on any atom is 0.357 e. The van der Waals surface area contributed by atoms with Gasteiger partial charge in [-0.3, -0.25) is 28.5 Å². The van der Waals surface area contributed by atoms with Crippen molar-refractivity contribution < 1.29 is 59.4 Å². The molecule has 2 heterocycles. The van der Waals surface area contributed by atoms with E-state index in [0.717, 1.165) is 17.4 Å². The predicted molar refractivity (Wildman–Crippen MR) is 270 cm³/mol. The van der Waals surface area contributed by atoms with Crippen LogP contribution in [-0.2, 0) is 58.4 Å². The minimum Gasteiger partial charge on any atom is -0.374 e. The van der Waals surface area contributed by atoms with Crippen molar-refractivity contribution in [3.63, 3.8) is 0 Å². The molecule has 0 spiro atoms. The van der Waals surface area contributed by atoms with E-state index in [0.29, 0.717) is 5.56 Å². The fourth-order valence-corrected chi connectivity index (χ4v) is 9.04. The molecule has 2 aromatic heterocycles. The standard InChI is InChI=1S/C42H33Cl2N15O13S3/c1-22-30(17-45)39(50-26-6-8-33(44)35(16-26)74(64,65)72-47)52-40(51-25-5-7-32(43)34(15-25)59-75(66,67)68)38(22)54-55-41-31(18-46)37(23-3-2-4-24(11-23)49-36(63)9-10-48-69-19-60)42(73-41)56-53-27-12-28(57-70-20-61)14-29(13-27)58-71-21-62/h2-8,11-16,19-21,48,57-59H,9-10,47H2,1H3,(H,49,63)(H2,50,51,52)(H,66,67,68). The molecule has 0 aliphatic heterocycles. The number of carbonyl (C=O) groups is 4. The van der Waals surface area contributed by atoms with Crippen molar-refractivity contribution in [2.45, 2.75) is 18.2 Å². The van der Waals surface area contributed by atoms with Crippen molar-refractivity contribution in [3.05, 3.63) is 106 Å². The largest absolute Gasteiger partial charge is 0.374 e. The van der Waals surface area contributed by atoms with Crippen molar-refractivity contribution in [2.24, 2.45) is 26.4 Å². The first kappa shape index (κ1) is 55.4. The Bertz CT molecular complexity index is 3540. The minimum atomic E-state index is -4.82. The number of anilines is 8. The van der Waals surface area contributed by atoms with E-state index in [-0.39, 0.29) is 132 Å². The van der Waals surface area contributed by atoms with Gasteiger partial charge in [0, 0.05) is 41.2 Å². The number of nitrogens with zero attached hydrogens (tertiary/aromatic N) is 7. The summed E-state index contributed by atoms with van der Waals surface area (Å²) in [6, 6.07) is 22.0. The number of amides is 1. The lowest BCUT2D eigenvalue weighted by Gasteiger charge is -2.17. The van der Waals surface area contributed by atoms with E-state index in [1.165, 1.54) is 61.5 Å². The van der Waals surface area contributed by atoms with Gasteiger partial charge < -0.3 is 30.5 Å². The molecule has 6 aromatic rings. The summed E-state index contributed by atoms with van der Waals surface area (Å²) in [5.74, 6) is 4.13. The average Bonchev–Trinajstić information content (AvgIpc) is 3.74. The van der Waals surface area contributed by atoms with Crippen LogP contribution in [0.15, 0.2) is 104 Å². The second-order valence-electron chi connectivity index (χ2n) is 14.3. The van der Waals surface area contributed by atoms with Crippen molar-refractivity contribution in [3.8, 4) is 23.3 Å². The van der Waals surface area contributed by atoms with Crippen LogP contribution in [0.2, 0.25) is 10.0 Å². The maximum absolute atomic E-state index is 12.8. The zero-order valence-corrected chi connectivity index (χ0v) is 41.6. The lowest BCUT2D eigenvalue weighted by atomic mass is 10.0. The number of pyridine rings is 1. The van der Waals surface area contributed by atoms with Gasteiger partial charge in [0.25, 0.3) is 0 Å². The highest BCUT2D eigenvalue weighted by Crippen LogP contribution is 2.49. The number of benzene rings is 4. The number of carbonyl (C=O) groups excluding carboxylic acids is 4. The molecular formula is C42H33Cl2N15O13S3. The van der Waals surface area contributed by atoms with Crippen LogP contribution in [0, 0.1) is 29.6 Å². The molecule has 0 bridgehead atoms. The molecule has 0 atom stereocenters. The summed E-state index contributed by atoms with van der Waals surface area (Å²) >= 11 is 13.2. The van der Waals surface area contributed by atoms with Crippen LogP contribution in [0.3, 0.4) is 0 Å². The van der Waals surface area contributed by atoms with Gasteiger partial charge >= 0.3 is 39.8 Å². The minimum absolute atomic E-state index is 0.0171. The number of aromatic nitrogens is 1. The third-order valence-electron chi connectivity index (χ3n) is 9.45. The predicted octanol–water partition coefficient (Wildman–Crippen LogP) is 8.29.